The van der Waals surface area contributed by atoms with Gasteiger partial charge in [-0.2, -0.15) is 0 Å². The topological polar surface area (TPSA) is 70.2 Å². The lowest BCUT2D eigenvalue weighted by molar-refractivity contribution is -0.123. The van der Waals surface area contributed by atoms with Gasteiger partial charge in [-0.25, -0.2) is 4.79 Å². The summed E-state index contributed by atoms with van der Waals surface area (Å²) in [4.78, 5) is 26.3. The fraction of sp³-hybridized carbons (Fsp3) is 0.548. The van der Waals surface area contributed by atoms with Gasteiger partial charge in [0.2, 0.25) is 5.91 Å². The first-order chi connectivity index (χ1) is 17.4. The maximum absolute atomic E-state index is 13.2. The summed E-state index contributed by atoms with van der Waals surface area (Å²) < 4.78 is 0. The maximum atomic E-state index is 13.2. The molecule has 4 fully saturated rings. The van der Waals surface area contributed by atoms with E-state index in [0.29, 0.717) is 6.54 Å². The van der Waals surface area contributed by atoms with Gasteiger partial charge in [-0.15, -0.1) is 0 Å². The van der Waals surface area contributed by atoms with E-state index in [1.807, 2.05) is 26.0 Å². The molecule has 3 N–H and O–H groups in total. The van der Waals surface area contributed by atoms with Gasteiger partial charge in [0.1, 0.15) is 6.04 Å². The molecule has 2 aromatic carbocycles. The Bertz CT molecular complexity index is 962. The van der Waals surface area contributed by atoms with Crippen LogP contribution in [0.4, 0.5) is 4.79 Å². The molecule has 0 spiro atoms. The third kappa shape index (κ3) is 5.61. The highest BCUT2D eigenvalue weighted by molar-refractivity contribution is 5.87. The molecular formula is C31H41N3O2. The molecule has 4 saturated carbocycles. The fourth-order valence-corrected chi connectivity index (χ4v) is 7.56. The molecule has 3 amide bonds. The van der Waals surface area contributed by atoms with E-state index in [9.17, 15) is 9.59 Å². The summed E-state index contributed by atoms with van der Waals surface area (Å²) in [6.07, 6.45) is 8.12. The molecule has 1 atom stereocenters. The Hall–Kier alpha value is -2.82. The molecule has 0 radical (unpaired) electrons. The first kappa shape index (κ1) is 24.9. The number of nitrogens with one attached hydrogen (secondary N) is 3. The van der Waals surface area contributed by atoms with Crippen molar-refractivity contribution in [1.29, 1.82) is 0 Å². The van der Waals surface area contributed by atoms with E-state index >= 15 is 0 Å². The SMILES string of the molecule is CC(C)C(NC(=O)NC12CC3CC(CC(C3)C1)C2)C(=O)NCCC(c1ccccc1)c1ccccc1. The molecule has 1 unspecified atom stereocenters. The molecule has 0 heterocycles. The van der Waals surface area contributed by atoms with Gasteiger partial charge in [0, 0.05) is 18.0 Å². The Morgan fingerprint density at radius 3 is 1.81 bits per heavy atom. The number of carbonyl (C=O) groups is 2. The van der Waals surface area contributed by atoms with Gasteiger partial charge in [-0.3, -0.25) is 4.79 Å². The monoisotopic (exact) mass is 487 g/mol. The predicted octanol–water partition coefficient (Wildman–Crippen LogP) is 5.62. The smallest absolute Gasteiger partial charge is 0.315 e. The minimum absolute atomic E-state index is 0.00570. The summed E-state index contributed by atoms with van der Waals surface area (Å²) in [7, 11) is 0. The molecular weight excluding hydrogens is 446 g/mol. The molecule has 2 aromatic rings. The number of benzene rings is 2. The normalized spacial score (nSPS) is 27.2. The first-order valence-corrected chi connectivity index (χ1v) is 13.9. The molecule has 4 aliphatic rings. The van der Waals surface area contributed by atoms with Crippen molar-refractivity contribution in [1.82, 2.24) is 16.0 Å². The van der Waals surface area contributed by atoms with Crippen LogP contribution in [0.2, 0.25) is 0 Å². The zero-order valence-corrected chi connectivity index (χ0v) is 21.7. The number of urea groups is 1. The summed E-state index contributed by atoms with van der Waals surface area (Å²) in [5.41, 5.74) is 2.42. The molecule has 0 aliphatic heterocycles. The second-order valence-corrected chi connectivity index (χ2v) is 12.0. The molecule has 4 bridgehead atoms. The number of hydrogen-bond acceptors (Lipinski definition) is 2. The van der Waals surface area contributed by atoms with E-state index in [0.717, 1.165) is 43.4 Å². The lowest BCUT2D eigenvalue weighted by atomic mass is 9.53. The highest BCUT2D eigenvalue weighted by Gasteiger charge is 2.51. The Morgan fingerprint density at radius 1 is 0.833 bits per heavy atom. The van der Waals surface area contributed by atoms with Gasteiger partial charge in [0.25, 0.3) is 0 Å². The largest absolute Gasteiger partial charge is 0.354 e. The fourth-order valence-electron chi connectivity index (χ4n) is 7.56. The Morgan fingerprint density at radius 2 is 1.33 bits per heavy atom. The third-order valence-corrected chi connectivity index (χ3v) is 8.79. The Labute approximate surface area is 215 Å². The van der Waals surface area contributed by atoms with Gasteiger partial charge in [0.15, 0.2) is 0 Å². The summed E-state index contributed by atoms with van der Waals surface area (Å²) in [5.74, 6) is 2.41. The standard InChI is InChI=1S/C31H41N3O2/c1-21(2)28(33-30(36)34-31-18-22-15-23(19-31)17-24(16-22)20-31)29(35)32-14-13-27(25-9-5-3-6-10-25)26-11-7-4-8-12-26/h3-12,21-24,27-28H,13-20H2,1-2H3,(H,32,35)(H2,33,34,36). The van der Waals surface area contributed by atoms with Crippen molar-refractivity contribution in [2.75, 3.05) is 6.54 Å². The van der Waals surface area contributed by atoms with Crippen LogP contribution >= 0.6 is 0 Å². The van der Waals surface area contributed by atoms with E-state index in [1.54, 1.807) is 0 Å². The molecule has 5 heteroatoms. The van der Waals surface area contributed by atoms with Gasteiger partial charge >= 0.3 is 6.03 Å². The predicted molar refractivity (Wildman–Crippen MR) is 144 cm³/mol. The summed E-state index contributed by atoms with van der Waals surface area (Å²) >= 11 is 0. The maximum Gasteiger partial charge on any atom is 0.315 e. The van der Waals surface area contributed by atoms with Gasteiger partial charge in [-0.1, -0.05) is 74.5 Å². The van der Waals surface area contributed by atoms with E-state index in [2.05, 4.69) is 64.5 Å². The zero-order valence-electron chi connectivity index (χ0n) is 21.7. The lowest BCUT2D eigenvalue weighted by Crippen LogP contribution is -2.63. The highest BCUT2D eigenvalue weighted by Crippen LogP contribution is 2.55. The molecule has 192 valence electrons. The molecule has 0 aromatic heterocycles. The van der Waals surface area contributed by atoms with Crippen LogP contribution in [0, 0.1) is 23.7 Å². The molecule has 36 heavy (non-hydrogen) atoms. The van der Waals surface area contributed by atoms with Crippen molar-refractivity contribution >= 4 is 11.9 Å². The quantitative estimate of drug-likeness (QED) is 0.430. The number of amides is 3. The van der Waals surface area contributed by atoms with Crippen LogP contribution in [-0.4, -0.2) is 30.1 Å². The van der Waals surface area contributed by atoms with Gasteiger partial charge in [-0.05, 0) is 79.7 Å². The van der Waals surface area contributed by atoms with E-state index in [-0.39, 0.29) is 29.3 Å². The minimum Gasteiger partial charge on any atom is -0.354 e. The Balaban J connectivity index is 1.17. The van der Waals surface area contributed by atoms with Crippen molar-refractivity contribution < 1.29 is 9.59 Å². The van der Waals surface area contributed by atoms with Crippen LogP contribution in [0.25, 0.3) is 0 Å². The second kappa shape index (κ2) is 10.7. The zero-order chi connectivity index (χ0) is 25.1. The van der Waals surface area contributed by atoms with Crippen molar-refractivity contribution in [3.63, 3.8) is 0 Å². The average molecular weight is 488 g/mol. The van der Waals surface area contributed by atoms with Crippen molar-refractivity contribution in [2.45, 2.75) is 76.3 Å². The highest BCUT2D eigenvalue weighted by atomic mass is 16.2. The van der Waals surface area contributed by atoms with E-state index in [4.69, 9.17) is 0 Å². The van der Waals surface area contributed by atoms with Crippen LogP contribution in [0.5, 0.6) is 0 Å². The van der Waals surface area contributed by atoms with Gasteiger partial charge in [0.05, 0.1) is 0 Å². The first-order valence-electron chi connectivity index (χ1n) is 13.9. The Kier molecular flexibility index (Phi) is 7.36. The molecule has 6 rings (SSSR count). The third-order valence-electron chi connectivity index (χ3n) is 8.79. The van der Waals surface area contributed by atoms with Crippen LogP contribution in [-0.2, 0) is 4.79 Å². The van der Waals surface area contributed by atoms with E-state index in [1.165, 1.54) is 30.4 Å². The average Bonchev–Trinajstić information content (AvgIpc) is 2.85. The van der Waals surface area contributed by atoms with Crippen LogP contribution in [0.15, 0.2) is 60.7 Å². The van der Waals surface area contributed by atoms with Gasteiger partial charge < -0.3 is 16.0 Å². The summed E-state index contributed by atoms with van der Waals surface area (Å²) in [6.45, 7) is 4.53. The minimum atomic E-state index is -0.550. The molecule has 4 aliphatic carbocycles. The van der Waals surface area contributed by atoms with E-state index < -0.39 is 6.04 Å². The molecule has 0 saturated heterocycles. The lowest BCUT2D eigenvalue weighted by Gasteiger charge is -2.56. The second-order valence-electron chi connectivity index (χ2n) is 12.0. The number of rotatable bonds is 9. The summed E-state index contributed by atoms with van der Waals surface area (Å²) in [6, 6.07) is 20.1. The van der Waals surface area contributed by atoms with Crippen molar-refractivity contribution in [3.05, 3.63) is 71.8 Å². The number of hydrogen-bond donors (Lipinski definition) is 3. The van der Waals surface area contributed by atoms with Crippen LogP contribution in [0.3, 0.4) is 0 Å². The summed E-state index contributed by atoms with van der Waals surface area (Å²) in [5, 5.41) is 9.50. The number of carbonyl (C=O) groups excluding carboxylic acids is 2. The van der Waals surface area contributed by atoms with Crippen molar-refractivity contribution in [3.8, 4) is 0 Å². The van der Waals surface area contributed by atoms with Crippen LogP contribution < -0.4 is 16.0 Å². The van der Waals surface area contributed by atoms with Crippen LogP contribution in [0.1, 0.15) is 75.8 Å². The van der Waals surface area contributed by atoms with Crippen molar-refractivity contribution in [2.24, 2.45) is 23.7 Å². The molecule has 5 nitrogen and oxygen atoms in total.